The maximum Gasteiger partial charge on any atom is 0.372 e. The molecule has 1 heterocycles. The zero-order valence-corrected chi connectivity index (χ0v) is 11.5. The molecule has 1 rings (SSSR count). The molecule has 0 bridgehead atoms. The summed E-state index contributed by atoms with van der Waals surface area (Å²) in [5.74, 6) is -3.99. The Labute approximate surface area is 119 Å². The summed E-state index contributed by atoms with van der Waals surface area (Å²) in [5, 5.41) is 31.6. The van der Waals surface area contributed by atoms with E-state index in [1.807, 2.05) is 0 Å². The van der Waals surface area contributed by atoms with E-state index in [-0.39, 0.29) is 6.54 Å². The van der Waals surface area contributed by atoms with Gasteiger partial charge in [-0.15, -0.1) is 0 Å². The molecule has 10 heteroatoms. The summed E-state index contributed by atoms with van der Waals surface area (Å²) in [7, 11) is 0. The number of ketones is 1. The lowest BCUT2D eigenvalue weighted by Crippen LogP contribution is -2.44. The summed E-state index contributed by atoms with van der Waals surface area (Å²) in [4.78, 5) is 24.1. The van der Waals surface area contributed by atoms with Gasteiger partial charge in [0.15, 0.2) is 5.79 Å². The first kappa shape index (κ1) is 17.3. The second-order valence-corrected chi connectivity index (χ2v) is 5.05. The van der Waals surface area contributed by atoms with Gasteiger partial charge < -0.3 is 24.8 Å². The van der Waals surface area contributed by atoms with Crippen molar-refractivity contribution in [3.05, 3.63) is 10.4 Å². The molecular weight excluding hydrogens is 286 g/mol. The largest absolute Gasteiger partial charge is 0.475 e. The van der Waals surface area contributed by atoms with Crippen LogP contribution in [0.5, 0.6) is 0 Å². The van der Waals surface area contributed by atoms with Crippen LogP contribution in [0.2, 0.25) is 0 Å². The first-order valence-corrected chi connectivity index (χ1v) is 6.16. The molecule has 4 atom stereocenters. The van der Waals surface area contributed by atoms with Crippen molar-refractivity contribution in [2.75, 3.05) is 6.54 Å². The van der Waals surface area contributed by atoms with Crippen molar-refractivity contribution in [2.45, 2.75) is 50.5 Å². The zero-order valence-electron chi connectivity index (χ0n) is 11.5. The van der Waals surface area contributed by atoms with E-state index in [1.54, 1.807) is 0 Å². The lowest BCUT2D eigenvalue weighted by atomic mass is 9.99. The molecule has 21 heavy (non-hydrogen) atoms. The summed E-state index contributed by atoms with van der Waals surface area (Å²) >= 11 is 0. The van der Waals surface area contributed by atoms with Crippen LogP contribution in [0.25, 0.3) is 10.4 Å². The number of carboxylic acids is 1. The number of aliphatic carboxylic acids is 1. The molecule has 0 aromatic heterocycles. The van der Waals surface area contributed by atoms with Crippen LogP contribution in [-0.4, -0.2) is 63.8 Å². The number of carbonyl (C=O) groups is 2. The second-order valence-electron chi connectivity index (χ2n) is 5.05. The Morgan fingerprint density at radius 3 is 2.29 bits per heavy atom. The van der Waals surface area contributed by atoms with Crippen LogP contribution < -0.4 is 0 Å². The van der Waals surface area contributed by atoms with Gasteiger partial charge in [0.25, 0.3) is 0 Å². The Bertz CT molecular complexity index is 461. The van der Waals surface area contributed by atoms with Crippen LogP contribution in [-0.2, 0) is 19.1 Å². The fourth-order valence-corrected chi connectivity index (χ4v) is 2.03. The molecule has 0 amide bonds. The number of Topliss-reactive ketones (excluding diaryl/α,β-unsaturated/α-hetero) is 1. The number of carboxylic acid groups (broad SMARTS) is 1. The predicted molar refractivity (Wildman–Crippen MR) is 67.1 cm³/mol. The van der Waals surface area contributed by atoms with Crippen LogP contribution in [0.4, 0.5) is 0 Å². The van der Waals surface area contributed by atoms with Crippen molar-refractivity contribution in [1.29, 1.82) is 0 Å². The maximum atomic E-state index is 11.1. The number of aliphatic hydroxyl groups excluding tert-OH is 2. The fraction of sp³-hybridized carbons (Fsp3) is 0.818. The molecule has 0 aromatic rings. The van der Waals surface area contributed by atoms with Gasteiger partial charge in [-0.1, -0.05) is 5.11 Å². The predicted octanol–water partition coefficient (Wildman–Crippen LogP) is -0.418. The summed E-state index contributed by atoms with van der Waals surface area (Å²) in [5.41, 5.74) is 8.23. The zero-order chi connectivity index (χ0) is 16.2. The van der Waals surface area contributed by atoms with E-state index in [0.717, 1.165) is 0 Å². The number of hydrogen-bond acceptors (Lipinski definition) is 7. The lowest BCUT2D eigenvalue weighted by molar-refractivity contribution is -0.162. The average Bonchev–Trinajstić information content (AvgIpc) is 2.72. The molecule has 10 nitrogen and oxygen atoms in total. The van der Waals surface area contributed by atoms with Crippen molar-refractivity contribution in [1.82, 2.24) is 0 Å². The van der Waals surface area contributed by atoms with Crippen LogP contribution in [0.1, 0.15) is 20.3 Å². The Balaban J connectivity index is 2.82. The van der Waals surface area contributed by atoms with Crippen LogP contribution >= 0.6 is 0 Å². The van der Waals surface area contributed by atoms with Gasteiger partial charge in [-0.2, -0.15) is 0 Å². The number of ether oxygens (including phenoxy) is 2. The van der Waals surface area contributed by atoms with Crippen LogP contribution in [0.3, 0.4) is 0 Å². The Morgan fingerprint density at radius 1 is 1.29 bits per heavy atom. The van der Waals surface area contributed by atoms with E-state index >= 15 is 0 Å². The van der Waals surface area contributed by atoms with Crippen LogP contribution in [0, 0.1) is 0 Å². The average molecular weight is 303 g/mol. The van der Waals surface area contributed by atoms with Gasteiger partial charge in [0, 0.05) is 11.3 Å². The van der Waals surface area contributed by atoms with Crippen molar-refractivity contribution in [3.8, 4) is 0 Å². The summed E-state index contributed by atoms with van der Waals surface area (Å²) < 4.78 is 10.8. The van der Waals surface area contributed by atoms with E-state index < -0.39 is 48.4 Å². The first-order valence-electron chi connectivity index (χ1n) is 6.16. The molecule has 0 aromatic carbocycles. The summed E-state index contributed by atoms with van der Waals surface area (Å²) in [6.07, 6.45) is -5.58. The SMILES string of the molecule is CC1(C)O[C@H](C(O)CN=[N+]=[N-])[C@@H](C(O)CC(=O)C(=O)O)O1. The van der Waals surface area contributed by atoms with E-state index in [1.165, 1.54) is 13.8 Å². The molecule has 1 fully saturated rings. The maximum absolute atomic E-state index is 11.1. The highest BCUT2D eigenvalue weighted by Crippen LogP contribution is 2.32. The minimum atomic E-state index is -1.67. The quantitative estimate of drug-likeness (QED) is 0.249. The van der Waals surface area contributed by atoms with Gasteiger partial charge in [-0.3, -0.25) is 4.79 Å². The van der Waals surface area contributed by atoms with Crippen molar-refractivity contribution in [3.63, 3.8) is 0 Å². The smallest absolute Gasteiger partial charge is 0.372 e. The van der Waals surface area contributed by atoms with E-state index in [2.05, 4.69) is 10.0 Å². The number of azide groups is 1. The van der Waals surface area contributed by atoms with Gasteiger partial charge in [0.2, 0.25) is 5.78 Å². The highest BCUT2D eigenvalue weighted by Gasteiger charge is 2.48. The standard InChI is InChI=1S/C11H17N3O7/c1-11(2)20-8(5(15)3-6(16)10(18)19)9(21-11)7(17)4-13-14-12/h5,7-9,15,17H,3-4H2,1-2H3,(H,18,19)/t5?,7?,8-,9-/m1/s1. The third-order valence-corrected chi connectivity index (χ3v) is 2.89. The van der Waals surface area contributed by atoms with E-state index in [4.69, 9.17) is 20.1 Å². The topological polar surface area (TPSA) is 162 Å². The number of aliphatic hydroxyl groups is 2. The monoisotopic (exact) mass is 303 g/mol. The Hall–Kier alpha value is -1.71. The Kier molecular flexibility index (Phi) is 5.64. The molecule has 2 unspecified atom stereocenters. The minimum absolute atomic E-state index is 0.309. The van der Waals surface area contributed by atoms with Crippen molar-refractivity contribution >= 4 is 11.8 Å². The summed E-state index contributed by atoms with van der Waals surface area (Å²) in [6.45, 7) is 2.76. The molecular formula is C11H17N3O7. The molecule has 0 saturated carbocycles. The number of carbonyl (C=O) groups excluding carboxylic acids is 1. The van der Waals surface area contributed by atoms with Gasteiger partial charge in [0.1, 0.15) is 12.2 Å². The fourth-order valence-electron chi connectivity index (χ4n) is 2.03. The van der Waals surface area contributed by atoms with Gasteiger partial charge in [-0.25, -0.2) is 4.79 Å². The molecule has 1 saturated heterocycles. The van der Waals surface area contributed by atoms with E-state index in [0.29, 0.717) is 0 Å². The van der Waals surface area contributed by atoms with Crippen LogP contribution in [0.15, 0.2) is 5.11 Å². The molecule has 1 aliphatic rings. The minimum Gasteiger partial charge on any atom is -0.475 e. The molecule has 0 spiro atoms. The van der Waals surface area contributed by atoms with Gasteiger partial charge in [-0.05, 0) is 19.4 Å². The second kappa shape index (κ2) is 6.83. The summed E-state index contributed by atoms with van der Waals surface area (Å²) in [6, 6.07) is 0. The van der Waals surface area contributed by atoms with E-state index in [9.17, 15) is 19.8 Å². The third-order valence-electron chi connectivity index (χ3n) is 2.89. The van der Waals surface area contributed by atoms with Gasteiger partial charge >= 0.3 is 5.97 Å². The molecule has 1 aliphatic heterocycles. The molecule has 3 N–H and O–H groups in total. The molecule has 118 valence electrons. The number of rotatable bonds is 7. The Morgan fingerprint density at radius 2 is 1.81 bits per heavy atom. The first-order chi connectivity index (χ1) is 9.68. The highest BCUT2D eigenvalue weighted by atomic mass is 16.8. The van der Waals surface area contributed by atoms with Crippen molar-refractivity contribution in [2.24, 2.45) is 5.11 Å². The molecule has 0 aliphatic carbocycles. The normalized spacial score (nSPS) is 26.7. The number of hydrogen-bond donors (Lipinski definition) is 3. The highest BCUT2D eigenvalue weighted by molar-refractivity contribution is 6.32. The number of nitrogens with zero attached hydrogens (tertiary/aromatic N) is 3. The lowest BCUT2D eigenvalue weighted by Gasteiger charge is -2.24. The van der Waals surface area contributed by atoms with Gasteiger partial charge in [0.05, 0.1) is 18.8 Å². The molecule has 0 radical (unpaired) electrons. The third kappa shape index (κ3) is 4.66. The van der Waals surface area contributed by atoms with Crippen molar-refractivity contribution < 1.29 is 34.4 Å².